The summed E-state index contributed by atoms with van der Waals surface area (Å²) in [6.45, 7) is 0. The topological polar surface area (TPSA) is 69.2 Å². The van der Waals surface area contributed by atoms with Gasteiger partial charge in [-0.2, -0.15) is 5.10 Å². The molecule has 0 radical (unpaired) electrons. The number of nitrogens with one attached hydrogen (secondary N) is 1. The van der Waals surface area contributed by atoms with Gasteiger partial charge in [0, 0.05) is 17.5 Å². The second-order valence-electron chi connectivity index (χ2n) is 5.84. The Morgan fingerprint density at radius 1 is 1.25 bits per heavy atom. The smallest absolute Gasteiger partial charge is 0.275 e. The van der Waals surface area contributed by atoms with Gasteiger partial charge in [-0.05, 0) is 31.7 Å². The first-order valence-electron chi connectivity index (χ1n) is 7.18. The SMILES string of the molecule is O=C(c1n[nH]c2ccccc12)N1C2CCC1CC(O)C2. The molecule has 2 atom stereocenters. The van der Waals surface area contributed by atoms with Crippen molar-refractivity contribution in [3.8, 4) is 0 Å². The third-order valence-electron chi connectivity index (χ3n) is 4.62. The minimum atomic E-state index is -0.257. The fraction of sp³-hybridized carbons (Fsp3) is 0.467. The molecule has 1 aromatic carbocycles. The highest BCUT2D eigenvalue weighted by Crippen LogP contribution is 2.37. The molecule has 0 aliphatic carbocycles. The second-order valence-corrected chi connectivity index (χ2v) is 5.84. The van der Waals surface area contributed by atoms with E-state index in [0.717, 1.165) is 23.7 Å². The van der Waals surface area contributed by atoms with Gasteiger partial charge in [0.1, 0.15) is 0 Å². The van der Waals surface area contributed by atoms with Crippen molar-refractivity contribution in [3.05, 3.63) is 30.0 Å². The lowest BCUT2D eigenvalue weighted by atomic mass is 9.99. The molecule has 2 aromatic rings. The lowest BCUT2D eigenvalue weighted by molar-refractivity contribution is 0.0284. The maximum atomic E-state index is 12.8. The van der Waals surface area contributed by atoms with Crippen LogP contribution in [0.25, 0.3) is 10.9 Å². The molecule has 4 rings (SSSR count). The predicted octanol–water partition coefficient (Wildman–Crippen LogP) is 1.69. The number of aliphatic hydroxyl groups excluding tert-OH is 1. The molecule has 2 fully saturated rings. The normalized spacial score (nSPS) is 29.1. The van der Waals surface area contributed by atoms with E-state index in [1.54, 1.807) is 0 Å². The molecule has 2 bridgehead atoms. The maximum absolute atomic E-state index is 12.8. The molecule has 5 heteroatoms. The molecule has 2 aliphatic rings. The van der Waals surface area contributed by atoms with Crippen LogP contribution in [0.5, 0.6) is 0 Å². The Morgan fingerprint density at radius 3 is 2.70 bits per heavy atom. The van der Waals surface area contributed by atoms with Crippen LogP contribution in [0.4, 0.5) is 0 Å². The number of H-pyrrole nitrogens is 1. The van der Waals surface area contributed by atoms with Crippen molar-refractivity contribution in [1.29, 1.82) is 0 Å². The number of carbonyl (C=O) groups is 1. The zero-order chi connectivity index (χ0) is 13.7. The van der Waals surface area contributed by atoms with Crippen LogP contribution in [-0.4, -0.2) is 44.3 Å². The summed E-state index contributed by atoms with van der Waals surface area (Å²) in [7, 11) is 0. The molecule has 20 heavy (non-hydrogen) atoms. The van der Waals surface area contributed by atoms with Crippen LogP contribution in [0.3, 0.4) is 0 Å². The minimum Gasteiger partial charge on any atom is -0.393 e. The molecule has 3 heterocycles. The highest BCUT2D eigenvalue weighted by Gasteiger charge is 2.43. The summed E-state index contributed by atoms with van der Waals surface area (Å²) < 4.78 is 0. The number of hydrogen-bond acceptors (Lipinski definition) is 3. The summed E-state index contributed by atoms with van der Waals surface area (Å²) in [6.07, 6.45) is 3.13. The van der Waals surface area contributed by atoms with E-state index in [4.69, 9.17) is 0 Å². The van der Waals surface area contributed by atoms with Crippen LogP contribution in [-0.2, 0) is 0 Å². The summed E-state index contributed by atoms with van der Waals surface area (Å²) in [5.74, 6) is 0.00171. The van der Waals surface area contributed by atoms with Crippen molar-refractivity contribution in [2.24, 2.45) is 0 Å². The minimum absolute atomic E-state index is 0.00171. The number of benzene rings is 1. The Labute approximate surface area is 116 Å². The second kappa shape index (κ2) is 4.31. The number of amides is 1. The standard InChI is InChI=1S/C15H17N3O2/c19-11-7-9-5-6-10(8-11)18(9)15(20)14-12-3-1-2-4-13(12)16-17-14/h1-4,9-11,19H,5-8H2,(H,16,17). The van der Waals surface area contributed by atoms with Gasteiger partial charge < -0.3 is 10.0 Å². The molecule has 0 spiro atoms. The molecule has 2 aliphatic heterocycles. The number of piperidine rings is 1. The van der Waals surface area contributed by atoms with Gasteiger partial charge in [-0.3, -0.25) is 9.89 Å². The van der Waals surface area contributed by atoms with Crippen molar-refractivity contribution < 1.29 is 9.90 Å². The van der Waals surface area contributed by atoms with Crippen LogP contribution in [0, 0.1) is 0 Å². The monoisotopic (exact) mass is 271 g/mol. The Morgan fingerprint density at radius 2 is 1.95 bits per heavy atom. The number of aromatic amines is 1. The van der Waals surface area contributed by atoms with Crippen molar-refractivity contribution in [2.45, 2.75) is 43.9 Å². The van der Waals surface area contributed by atoms with Gasteiger partial charge in [0.05, 0.1) is 11.6 Å². The fourth-order valence-electron chi connectivity index (χ4n) is 3.73. The zero-order valence-corrected chi connectivity index (χ0v) is 11.1. The average molecular weight is 271 g/mol. The molecule has 2 N–H and O–H groups in total. The van der Waals surface area contributed by atoms with Crippen LogP contribution in [0.1, 0.15) is 36.2 Å². The number of fused-ring (bicyclic) bond motifs is 3. The Bertz CT molecular complexity index is 652. The summed E-state index contributed by atoms with van der Waals surface area (Å²) >= 11 is 0. The third-order valence-corrected chi connectivity index (χ3v) is 4.62. The van der Waals surface area contributed by atoms with Gasteiger partial charge in [-0.15, -0.1) is 0 Å². The van der Waals surface area contributed by atoms with Gasteiger partial charge in [0.2, 0.25) is 0 Å². The molecule has 1 amide bonds. The molecular weight excluding hydrogens is 254 g/mol. The molecule has 2 saturated heterocycles. The number of hydrogen-bond donors (Lipinski definition) is 2. The lowest BCUT2D eigenvalue weighted by Gasteiger charge is -2.36. The predicted molar refractivity (Wildman–Crippen MR) is 74.3 cm³/mol. The van der Waals surface area contributed by atoms with E-state index in [0.29, 0.717) is 18.5 Å². The number of para-hydroxylation sites is 1. The molecule has 0 saturated carbocycles. The molecule has 1 aromatic heterocycles. The van der Waals surface area contributed by atoms with Crippen LogP contribution < -0.4 is 0 Å². The highest BCUT2D eigenvalue weighted by atomic mass is 16.3. The van der Waals surface area contributed by atoms with Gasteiger partial charge in [-0.1, -0.05) is 18.2 Å². The number of carbonyl (C=O) groups excluding carboxylic acids is 1. The van der Waals surface area contributed by atoms with E-state index >= 15 is 0 Å². The van der Waals surface area contributed by atoms with Crippen LogP contribution >= 0.6 is 0 Å². The summed E-state index contributed by atoms with van der Waals surface area (Å²) in [5, 5.41) is 17.8. The Balaban J connectivity index is 1.71. The van der Waals surface area contributed by atoms with Gasteiger partial charge in [-0.25, -0.2) is 0 Å². The first kappa shape index (κ1) is 11.9. The van der Waals surface area contributed by atoms with E-state index in [2.05, 4.69) is 10.2 Å². The quantitative estimate of drug-likeness (QED) is 0.829. The van der Waals surface area contributed by atoms with E-state index < -0.39 is 0 Å². The largest absolute Gasteiger partial charge is 0.393 e. The van der Waals surface area contributed by atoms with E-state index in [9.17, 15) is 9.90 Å². The van der Waals surface area contributed by atoms with E-state index in [-0.39, 0.29) is 24.1 Å². The lowest BCUT2D eigenvalue weighted by Crippen LogP contribution is -2.48. The summed E-state index contributed by atoms with van der Waals surface area (Å²) in [4.78, 5) is 14.8. The zero-order valence-electron chi connectivity index (χ0n) is 11.1. The maximum Gasteiger partial charge on any atom is 0.275 e. The van der Waals surface area contributed by atoms with E-state index in [1.807, 2.05) is 29.2 Å². The Hall–Kier alpha value is -1.88. The first-order chi connectivity index (χ1) is 9.74. The number of aliphatic hydroxyl groups is 1. The van der Waals surface area contributed by atoms with E-state index in [1.165, 1.54) is 0 Å². The molecule has 104 valence electrons. The molecule has 2 unspecified atom stereocenters. The summed E-state index contributed by atoms with van der Waals surface area (Å²) in [5.41, 5.74) is 1.40. The number of aromatic nitrogens is 2. The fourth-order valence-corrected chi connectivity index (χ4v) is 3.73. The molecular formula is C15H17N3O2. The van der Waals surface area contributed by atoms with Crippen molar-refractivity contribution in [3.63, 3.8) is 0 Å². The number of nitrogens with zero attached hydrogens (tertiary/aromatic N) is 2. The van der Waals surface area contributed by atoms with Crippen molar-refractivity contribution in [1.82, 2.24) is 15.1 Å². The third kappa shape index (κ3) is 1.66. The van der Waals surface area contributed by atoms with Crippen molar-refractivity contribution in [2.75, 3.05) is 0 Å². The van der Waals surface area contributed by atoms with Gasteiger partial charge in [0.15, 0.2) is 5.69 Å². The van der Waals surface area contributed by atoms with Gasteiger partial charge >= 0.3 is 0 Å². The molecule has 5 nitrogen and oxygen atoms in total. The van der Waals surface area contributed by atoms with Crippen LogP contribution in [0.2, 0.25) is 0 Å². The first-order valence-corrected chi connectivity index (χ1v) is 7.18. The highest BCUT2D eigenvalue weighted by molar-refractivity contribution is 6.05. The Kier molecular flexibility index (Phi) is 2.57. The van der Waals surface area contributed by atoms with Crippen LogP contribution in [0.15, 0.2) is 24.3 Å². The summed E-state index contributed by atoms with van der Waals surface area (Å²) in [6, 6.07) is 8.04. The average Bonchev–Trinajstić information content (AvgIpc) is 2.98. The van der Waals surface area contributed by atoms with Crippen molar-refractivity contribution >= 4 is 16.8 Å². The number of rotatable bonds is 1. The van der Waals surface area contributed by atoms with Gasteiger partial charge in [0.25, 0.3) is 5.91 Å².